The van der Waals surface area contributed by atoms with E-state index >= 15 is 0 Å². The number of para-hydroxylation sites is 1. The minimum absolute atomic E-state index is 0.161. The number of anilines is 2. The summed E-state index contributed by atoms with van der Waals surface area (Å²) >= 11 is 0. The number of benzene rings is 3. The number of nitrogens with zero attached hydrogens (tertiary/aromatic N) is 1. The number of aryl methyl sites for hydroxylation is 2. The van der Waals surface area contributed by atoms with Crippen molar-refractivity contribution in [3.05, 3.63) is 95.1 Å². The molecule has 0 aliphatic carbocycles. The fourth-order valence-corrected chi connectivity index (χ4v) is 3.61. The van der Waals surface area contributed by atoms with Crippen LogP contribution in [-0.2, 0) is 11.2 Å². The Morgan fingerprint density at radius 3 is 2.36 bits per heavy atom. The van der Waals surface area contributed by atoms with Crippen LogP contribution in [0.25, 0.3) is 0 Å². The molecule has 0 radical (unpaired) electrons. The topological polar surface area (TPSA) is 49.4 Å². The van der Waals surface area contributed by atoms with Crippen LogP contribution in [0.1, 0.15) is 27.0 Å². The second kappa shape index (κ2) is 7.31. The average molecular weight is 370 g/mol. The van der Waals surface area contributed by atoms with Gasteiger partial charge >= 0.3 is 0 Å². The molecule has 0 bridgehead atoms. The maximum atomic E-state index is 13.2. The van der Waals surface area contributed by atoms with E-state index in [2.05, 4.69) is 5.32 Å². The van der Waals surface area contributed by atoms with Crippen molar-refractivity contribution in [2.75, 3.05) is 10.2 Å². The summed E-state index contributed by atoms with van der Waals surface area (Å²) in [6, 6.07) is 22.1. The van der Waals surface area contributed by atoms with E-state index in [1.54, 1.807) is 17.0 Å². The van der Waals surface area contributed by atoms with Crippen molar-refractivity contribution < 1.29 is 9.59 Å². The number of carbonyl (C=O) groups is 2. The van der Waals surface area contributed by atoms with E-state index in [9.17, 15) is 9.59 Å². The Kier molecular flexibility index (Phi) is 4.70. The molecule has 0 fully saturated rings. The molecule has 0 unspecified atom stereocenters. The molecule has 1 N–H and O–H groups in total. The molecule has 1 aliphatic heterocycles. The van der Waals surface area contributed by atoms with Gasteiger partial charge in [-0.25, -0.2) is 0 Å². The molecule has 1 heterocycles. The number of hydrogen-bond donors (Lipinski definition) is 1. The number of amides is 2. The highest BCUT2D eigenvalue weighted by atomic mass is 16.2. The van der Waals surface area contributed by atoms with E-state index in [1.165, 1.54) is 5.56 Å². The summed E-state index contributed by atoms with van der Waals surface area (Å²) in [6.45, 7) is 4.05. The molecule has 140 valence electrons. The van der Waals surface area contributed by atoms with Gasteiger partial charge in [0.15, 0.2) is 0 Å². The largest absolute Gasteiger partial charge is 0.324 e. The molecular formula is C24H22N2O2. The highest BCUT2D eigenvalue weighted by Gasteiger charge is 2.38. The van der Waals surface area contributed by atoms with Crippen molar-refractivity contribution >= 4 is 23.2 Å². The highest BCUT2D eigenvalue weighted by molar-refractivity contribution is 6.13. The van der Waals surface area contributed by atoms with Gasteiger partial charge in [-0.3, -0.25) is 14.5 Å². The molecule has 4 heteroatoms. The zero-order valence-corrected chi connectivity index (χ0v) is 16.0. The quantitative estimate of drug-likeness (QED) is 0.737. The number of fused-ring (bicyclic) bond motifs is 1. The summed E-state index contributed by atoms with van der Waals surface area (Å²) in [4.78, 5) is 28.0. The van der Waals surface area contributed by atoms with Crippen LogP contribution in [0.5, 0.6) is 0 Å². The van der Waals surface area contributed by atoms with E-state index in [4.69, 9.17) is 0 Å². The molecule has 4 rings (SSSR count). The third kappa shape index (κ3) is 3.29. The van der Waals surface area contributed by atoms with Crippen molar-refractivity contribution in [2.45, 2.75) is 26.3 Å². The number of nitrogens with one attached hydrogen (secondary N) is 1. The van der Waals surface area contributed by atoms with Crippen LogP contribution in [0.15, 0.2) is 72.8 Å². The molecule has 4 nitrogen and oxygen atoms in total. The van der Waals surface area contributed by atoms with E-state index in [-0.39, 0.29) is 11.8 Å². The lowest BCUT2D eigenvalue weighted by molar-refractivity contribution is -0.117. The summed E-state index contributed by atoms with van der Waals surface area (Å²) in [7, 11) is 0. The molecular weight excluding hydrogens is 348 g/mol. The molecule has 0 saturated heterocycles. The highest BCUT2D eigenvalue weighted by Crippen LogP contribution is 2.34. The van der Waals surface area contributed by atoms with Crippen molar-refractivity contribution in [2.24, 2.45) is 0 Å². The van der Waals surface area contributed by atoms with Gasteiger partial charge in [0.05, 0.1) is 0 Å². The van der Waals surface area contributed by atoms with Gasteiger partial charge in [0.25, 0.3) is 5.91 Å². The van der Waals surface area contributed by atoms with Gasteiger partial charge in [-0.1, -0.05) is 42.5 Å². The van der Waals surface area contributed by atoms with Crippen LogP contribution < -0.4 is 10.2 Å². The first-order valence-electron chi connectivity index (χ1n) is 9.39. The van der Waals surface area contributed by atoms with E-state index < -0.39 is 6.04 Å². The molecule has 2 amide bonds. The second-order valence-corrected chi connectivity index (χ2v) is 7.18. The summed E-state index contributed by atoms with van der Waals surface area (Å²) in [6.07, 6.45) is 0.505. The predicted octanol–water partition coefficient (Wildman–Crippen LogP) is 4.51. The molecule has 0 saturated carbocycles. The summed E-state index contributed by atoms with van der Waals surface area (Å²) in [5.74, 6) is -0.338. The minimum atomic E-state index is -0.577. The monoisotopic (exact) mass is 370 g/mol. The third-order valence-corrected chi connectivity index (χ3v) is 5.29. The first-order valence-corrected chi connectivity index (χ1v) is 9.39. The lowest BCUT2D eigenvalue weighted by atomic mass is 10.1. The molecule has 1 atom stereocenters. The second-order valence-electron chi connectivity index (χ2n) is 7.18. The first kappa shape index (κ1) is 18.0. The fraction of sp³-hybridized carbons (Fsp3) is 0.167. The molecule has 3 aromatic carbocycles. The Morgan fingerprint density at radius 1 is 0.893 bits per heavy atom. The van der Waals surface area contributed by atoms with Gasteiger partial charge < -0.3 is 5.32 Å². The van der Waals surface area contributed by atoms with Crippen LogP contribution >= 0.6 is 0 Å². The maximum absolute atomic E-state index is 13.2. The van der Waals surface area contributed by atoms with Crippen LogP contribution in [0.2, 0.25) is 0 Å². The Hall–Kier alpha value is -3.40. The number of carbonyl (C=O) groups excluding carboxylic acids is 2. The number of rotatable bonds is 3. The van der Waals surface area contributed by atoms with Crippen molar-refractivity contribution in [1.82, 2.24) is 0 Å². The molecule has 0 spiro atoms. The van der Waals surface area contributed by atoms with Crippen molar-refractivity contribution in [3.63, 3.8) is 0 Å². The van der Waals surface area contributed by atoms with Crippen LogP contribution in [-0.4, -0.2) is 17.9 Å². The lowest BCUT2D eigenvalue weighted by Crippen LogP contribution is -2.45. The van der Waals surface area contributed by atoms with Gasteiger partial charge in [-0.15, -0.1) is 0 Å². The standard InChI is InChI=1S/C24H22N2O2/c1-16-12-13-20(14-17(16)2)25-23(27)22-15-19-10-6-7-11-21(19)26(22)24(28)18-8-4-3-5-9-18/h3-14,22H,15H2,1-2H3,(H,25,27)/t22-/m1/s1. The third-order valence-electron chi connectivity index (χ3n) is 5.29. The van der Waals surface area contributed by atoms with Gasteiger partial charge in [0, 0.05) is 23.4 Å². The Bertz CT molecular complexity index is 1040. The molecule has 0 aromatic heterocycles. The van der Waals surface area contributed by atoms with E-state index in [0.717, 1.165) is 22.5 Å². The summed E-state index contributed by atoms with van der Waals surface area (Å²) < 4.78 is 0. The molecule has 3 aromatic rings. The van der Waals surface area contributed by atoms with Gasteiger partial charge in [0.1, 0.15) is 6.04 Å². The van der Waals surface area contributed by atoms with Gasteiger partial charge in [0.2, 0.25) is 5.91 Å². The van der Waals surface area contributed by atoms with Crippen LogP contribution in [0.3, 0.4) is 0 Å². The first-order chi connectivity index (χ1) is 13.5. The average Bonchev–Trinajstić information content (AvgIpc) is 3.10. The predicted molar refractivity (Wildman–Crippen MR) is 112 cm³/mol. The zero-order chi connectivity index (χ0) is 19.7. The molecule has 1 aliphatic rings. The van der Waals surface area contributed by atoms with Crippen LogP contribution in [0.4, 0.5) is 11.4 Å². The van der Waals surface area contributed by atoms with E-state index in [1.807, 2.05) is 74.5 Å². The van der Waals surface area contributed by atoms with Gasteiger partial charge in [-0.2, -0.15) is 0 Å². The zero-order valence-electron chi connectivity index (χ0n) is 16.0. The maximum Gasteiger partial charge on any atom is 0.259 e. The summed E-state index contributed by atoms with van der Waals surface area (Å²) in [5.41, 5.74) is 5.42. The fourth-order valence-electron chi connectivity index (χ4n) is 3.61. The van der Waals surface area contributed by atoms with Crippen LogP contribution in [0, 0.1) is 13.8 Å². The minimum Gasteiger partial charge on any atom is -0.324 e. The van der Waals surface area contributed by atoms with Gasteiger partial charge in [-0.05, 0) is 60.9 Å². The lowest BCUT2D eigenvalue weighted by Gasteiger charge is -2.25. The van der Waals surface area contributed by atoms with Crippen molar-refractivity contribution in [1.29, 1.82) is 0 Å². The molecule has 28 heavy (non-hydrogen) atoms. The Morgan fingerprint density at radius 2 is 1.61 bits per heavy atom. The number of hydrogen-bond acceptors (Lipinski definition) is 2. The normalized spacial score (nSPS) is 15.2. The summed E-state index contributed by atoms with van der Waals surface area (Å²) in [5, 5.41) is 2.99. The van der Waals surface area contributed by atoms with Crippen molar-refractivity contribution in [3.8, 4) is 0 Å². The smallest absolute Gasteiger partial charge is 0.259 e. The Balaban J connectivity index is 1.66. The SMILES string of the molecule is Cc1ccc(NC(=O)[C@H]2Cc3ccccc3N2C(=O)c2ccccc2)cc1C. The Labute approximate surface area is 164 Å². The van der Waals surface area contributed by atoms with E-state index in [0.29, 0.717) is 12.0 Å².